The van der Waals surface area contributed by atoms with Crippen molar-refractivity contribution < 1.29 is 27.9 Å². The summed E-state index contributed by atoms with van der Waals surface area (Å²) in [4.78, 5) is 11.9. The highest BCUT2D eigenvalue weighted by Gasteiger charge is 2.16. The number of nitrogens with zero attached hydrogens (tertiary/aromatic N) is 1. The molecule has 1 aromatic carbocycles. The molecule has 24 heavy (non-hydrogen) atoms. The lowest BCUT2D eigenvalue weighted by Gasteiger charge is -2.12. The molecule has 0 radical (unpaired) electrons. The number of alkyl halides is 2. The Hall–Kier alpha value is -2.48. The van der Waals surface area contributed by atoms with Gasteiger partial charge in [0.25, 0.3) is 5.91 Å². The van der Waals surface area contributed by atoms with Gasteiger partial charge in [0.2, 0.25) is 0 Å². The van der Waals surface area contributed by atoms with Crippen LogP contribution in [0.5, 0.6) is 5.75 Å². The van der Waals surface area contributed by atoms with E-state index in [9.17, 15) is 18.7 Å². The van der Waals surface area contributed by atoms with Gasteiger partial charge in [0, 0.05) is 18.5 Å². The number of amides is 1. The lowest BCUT2D eigenvalue weighted by atomic mass is 10.1. The second kappa shape index (κ2) is 7.87. The first-order valence-corrected chi connectivity index (χ1v) is 7.34. The number of benzene rings is 1. The van der Waals surface area contributed by atoms with Gasteiger partial charge in [0.1, 0.15) is 11.5 Å². The maximum absolute atomic E-state index is 12.1. The third-order valence-corrected chi connectivity index (χ3v) is 3.28. The van der Waals surface area contributed by atoms with Crippen LogP contribution in [0.1, 0.15) is 47.7 Å². The molecule has 6 nitrogen and oxygen atoms in total. The van der Waals surface area contributed by atoms with Gasteiger partial charge >= 0.3 is 6.61 Å². The van der Waals surface area contributed by atoms with E-state index in [4.69, 9.17) is 4.52 Å². The summed E-state index contributed by atoms with van der Waals surface area (Å²) in [6, 6.07) is 7.07. The van der Waals surface area contributed by atoms with Crippen LogP contribution in [-0.2, 0) is 0 Å². The molecule has 2 rings (SSSR count). The minimum atomic E-state index is -2.90. The molecule has 1 atom stereocenters. The zero-order valence-electron chi connectivity index (χ0n) is 13.2. The second-order valence-electron chi connectivity index (χ2n) is 5.44. The van der Waals surface area contributed by atoms with Crippen molar-refractivity contribution in [2.45, 2.75) is 32.5 Å². The van der Waals surface area contributed by atoms with E-state index >= 15 is 0 Å². The molecule has 0 aliphatic heterocycles. The summed E-state index contributed by atoms with van der Waals surface area (Å²) in [5.74, 6) is 0.227. The van der Waals surface area contributed by atoms with Crippen molar-refractivity contribution in [3.05, 3.63) is 47.3 Å². The molecule has 1 heterocycles. The quantitative estimate of drug-likeness (QED) is 0.810. The third kappa shape index (κ3) is 4.76. The van der Waals surface area contributed by atoms with E-state index in [1.54, 1.807) is 6.07 Å². The molecule has 0 bridgehead atoms. The Morgan fingerprint density at radius 3 is 2.54 bits per heavy atom. The van der Waals surface area contributed by atoms with Crippen molar-refractivity contribution in [2.75, 3.05) is 6.54 Å². The second-order valence-corrected chi connectivity index (χ2v) is 5.44. The zero-order valence-corrected chi connectivity index (χ0v) is 13.2. The van der Waals surface area contributed by atoms with E-state index < -0.39 is 18.6 Å². The van der Waals surface area contributed by atoms with E-state index in [0.717, 1.165) is 0 Å². The van der Waals surface area contributed by atoms with Crippen molar-refractivity contribution in [1.29, 1.82) is 0 Å². The normalized spacial score (nSPS) is 12.5. The minimum Gasteiger partial charge on any atom is -0.435 e. The van der Waals surface area contributed by atoms with Gasteiger partial charge in [-0.1, -0.05) is 31.1 Å². The summed E-state index contributed by atoms with van der Waals surface area (Å²) in [6.45, 7) is 0.858. The van der Waals surface area contributed by atoms with Crippen LogP contribution < -0.4 is 10.1 Å². The van der Waals surface area contributed by atoms with E-state index in [1.807, 2.05) is 13.8 Å². The van der Waals surface area contributed by atoms with Crippen LogP contribution in [0.4, 0.5) is 8.78 Å². The first-order valence-electron chi connectivity index (χ1n) is 7.34. The van der Waals surface area contributed by atoms with Crippen LogP contribution in [0.2, 0.25) is 0 Å². The smallest absolute Gasteiger partial charge is 0.387 e. The maximum Gasteiger partial charge on any atom is 0.387 e. The average molecular weight is 340 g/mol. The zero-order chi connectivity index (χ0) is 17.7. The highest BCUT2D eigenvalue weighted by molar-refractivity contribution is 5.92. The van der Waals surface area contributed by atoms with Crippen LogP contribution in [0.3, 0.4) is 0 Å². The number of halogens is 2. The summed E-state index contributed by atoms with van der Waals surface area (Å²) in [5.41, 5.74) is 0.589. The first kappa shape index (κ1) is 17.9. The van der Waals surface area contributed by atoms with Crippen molar-refractivity contribution in [3.8, 4) is 5.75 Å². The van der Waals surface area contributed by atoms with Gasteiger partial charge in [-0.05, 0) is 17.7 Å². The molecule has 0 saturated heterocycles. The molecule has 130 valence electrons. The van der Waals surface area contributed by atoms with Gasteiger partial charge in [0.05, 0.1) is 6.10 Å². The van der Waals surface area contributed by atoms with Crippen LogP contribution in [0.25, 0.3) is 0 Å². The Labute approximate surface area is 137 Å². The number of hydrogen-bond acceptors (Lipinski definition) is 5. The predicted molar refractivity (Wildman–Crippen MR) is 81.0 cm³/mol. The molecule has 1 aromatic heterocycles. The summed E-state index contributed by atoms with van der Waals surface area (Å²) >= 11 is 0. The van der Waals surface area contributed by atoms with Gasteiger partial charge in [0.15, 0.2) is 5.69 Å². The Bertz CT molecular complexity index is 671. The van der Waals surface area contributed by atoms with Crippen molar-refractivity contribution in [2.24, 2.45) is 0 Å². The maximum atomic E-state index is 12.1. The number of carbonyl (C=O) groups excluding carboxylic acids is 1. The summed E-state index contributed by atoms with van der Waals surface area (Å²) < 4.78 is 33.4. The van der Waals surface area contributed by atoms with Crippen LogP contribution in [0.15, 0.2) is 34.9 Å². The highest BCUT2D eigenvalue weighted by Crippen LogP contribution is 2.19. The number of carbonyl (C=O) groups is 1. The predicted octanol–water partition coefficient (Wildman–Crippen LogP) is 2.86. The molecule has 1 unspecified atom stereocenters. The topological polar surface area (TPSA) is 84.6 Å². The molecule has 0 spiro atoms. The molecule has 0 fully saturated rings. The fourth-order valence-electron chi connectivity index (χ4n) is 1.94. The standard InChI is InChI=1S/C16H18F2N2O4/c1-9(2)14-7-12(20-24-14)15(22)19-8-13(21)10-3-5-11(6-4-10)23-16(17)18/h3-7,9,13,16,21H,8H2,1-2H3,(H,19,22). The molecule has 2 N–H and O–H groups in total. The van der Waals surface area contributed by atoms with Gasteiger partial charge in [-0.2, -0.15) is 8.78 Å². The Morgan fingerprint density at radius 2 is 2.00 bits per heavy atom. The van der Waals surface area contributed by atoms with Crippen molar-refractivity contribution in [3.63, 3.8) is 0 Å². The fourth-order valence-corrected chi connectivity index (χ4v) is 1.94. The summed E-state index contributed by atoms with van der Waals surface area (Å²) in [6.07, 6.45) is -0.994. The minimum absolute atomic E-state index is 0.00574. The number of ether oxygens (including phenoxy) is 1. The Morgan fingerprint density at radius 1 is 1.33 bits per heavy atom. The number of hydrogen-bond donors (Lipinski definition) is 2. The SMILES string of the molecule is CC(C)c1cc(C(=O)NCC(O)c2ccc(OC(F)F)cc2)no1. The van der Waals surface area contributed by atoms with Crippen LogP contribution >= 0.6 is 0 Å². The van der Waals surface area contributed by atoms with Gasteiger partial charge < -0.3 is 19.7 Å². The number of aliphatic hydroxyl groups is 1. The van der Waals surface area contributed by atoms with Gasteiger partial charge in [-0.25, -0.2) is 0 Å². The van der Waals surface area contributed by atoms with E-state index in [1.165, 1.54) is 24.3 Å². The Kier molecular flexibility index (Phi) is 5.86. The lowest BCUT2D eigenvalue weighted by molar-refractivity contribution is -0.0498. The van der Waals surface area contributed by atoms with Crippen LogP contribution in [0, 0.1) is 0 Å². The third-order valence-electron chi connectivity index (χ3n) is 3.28. The van der Waals surface area contributed by atoms with E-state index in [0.29, 0.717) is 11.3 Å². The molecular formula is C16H18F2N2O4. The fraction of sp³-hybridized carbons (Fsp3) is 0.375. The van der Waals surface area contributed by atoms with Crippen molar-refractivity contribution >= 4 is 5.91 Å². The molecule has 1 amide bonds. The Balaban J connectivity index is 1.89. The monoisotopic (exact) mass is 340 g/mol. The molecule has 0 aliphatic carbocycles. The van der Waals surface area contributed by atoms with Crippen LogP contribution in [-0.4, -0.2) is 29.3 Å². The molecule has 0 saturated carbocycles. The van der Waals surface area contributed by atoms with Crippen molar-refractivity contribution in [1.82, 2.24) is 10.5 Å². The number of nitrogens with one attached hydrogen (secondary N) is 1. The summed E-state index contributed by atoms with van der Waals surface area (Å²) in [7, 11) is 0. The number of aliphatic hydroxyl groups excluding tert-OH is 1. The average Bonchev–Trinajstić information content (AvgIpc) is 3.02. The molecule has 0 aliphatic rings. The van der Waals surface area contributed by atoms with E-state index in [2.05, 4.69) is 15.2 Å². The van der Waals surface area contributed by atoms with E-state index in [-0.39, 0.29) is 23.9 Å². The largest absolute Gasteiger partial charge is 0.435 e. The first-order chi connectivity index (χ1) is 11.4. The molecular weight excluding hydrogens is 322 g/mol. The number of rotatable bonds is 7. The van der Waals surface area contributed by atoms with Gasteiger partial charge in [-0.3, -0.25) is 4.79 Å². The highest BCUT2D eigenvalue weighted by atomic mass is 19.3. The molecule has 8 heteroatoms. The van der Waals surface area contributed by atoms with Gasteiger partial charge in [-0.15, -0.1) is 0 Å². The molecule has 2 aromatic rings. The number of aromatic nitrogens is 1. The summed E-state index contributed by atoms with van der Waals surface area (Å²) in [5, 5.41) is 16.2. The lowest BCUT2D eigenvalue weighted by Crippen LogP contribution is -2.28.